The first-order valence-corrected chi connectivity index (χ1v) is 5.00. The Bertz CT molecular complexity index is 354. The van der Waals surface area contributed by atoms with Gasteiger partial charge in [0.2, 0.25) is 0 Å². The zero-order valence-corrected chi connectivity index (χ0v) is 9.81. The maximum atomic E-state index is 10.5. The lowest BCUT2D eigenvalue weighted by atomic mass is 10.1. The molecule has 1 N–H and O–H groups in total. The van der Waals surface area contributed by atoms with E-state index in [1.54, 1.807) is 7.11 Å². The zero-order valence-electron chi connectivity index (χ0n) is 9.06. The Labute approximate surface area is 94.4 Å². The van der Waals surface area contributed by atoms with Crippen LogP contribution in [-0.2, 0) is 6.54 Å². The van der Waals surface area contributed by atoms with Gasteiger partial charge in [0.1, 0.15) is 5.75 Å². The summed E-state index contributed by atoms with van der Waals surface area (Å²) in [5.74, 6) is 0.885. The Morgan fingerprint density at radius 3 is 2.33 bits per heavy atom. The van der Waals surface area contributed by atoms with Crippen molar-refractivity contribution in [2.45, 2.75) is 20.4 Å². The van der Waals surface area contributed by atoms with Crippen LogP contribution >= 0.6 is 11.6 Å². The molecule has 1 rings (SSSR count). The average Bonchev–Trinajstić information content (AvgIpc) is 2.14. The van der Waals surface area contributed by atoms with Gasteiger partial charge in [0.25, 0.3) is 0 Å². The summed E-state index contributed by atoms with van der Waals surface area (Å²) in [7, 11) is 1.65. The first-order chi connectivity index (χ1) is 7.04. The highest BCUT2D eigenvalue weighted by Crippen LogP contribution is 2.24. The van der Waals surface area contributed by atoms with E-state index < -0.39 is 5.37 Å². The molecule has 1 aromatic rings. The van der Waals surface area contributed by atoms with Gasteiger partial charge in [-0.1, -0.05) is 12.1 Å². The van der Waals surface area contributed by atoms with Crippen molar-refractivity contribution in [3.8, 4) is 5.75 Å². The van der Waals surface area contributed by atoms with Crippen molar-refractivity contribution in [2.75, 3.05) is 7.11 Å². The van der Waals surface area contributed by atoms with E-state index in [0.717, 1.165) is 22.4 Å². The molecule has 3 nitrogen and oxygen atoms in total. The number of carbonyl (C=O) groups is 1. The van der Waals surface area contributed by atoms with Crippen LogP contribution in [0, 0.1) is 13.8 Å². The molecule has 0 saturated heterocycles. The Balaban J connectivity index is 2.88. The Hall–Kier alpha value is -1.22. The second-order valence-electron chi connectivity index (χ2n) is 3.39. The highest BCUT2D eigenvalue weighted by atomic mass is 35.5. The van der Waals surface area contributed by atoms with Gasteiger partial charge in [-0.15, -0.1) is 0 Å². The zero-order chi connectivity index (χ0) is 11.4. The number of amides is 1. The van der Waals surface area contributed by atoms with Gasteiger partial charge in [-0.25, -0.2) is 0 Å². The number of hydrogen-bond donors (Lipinski definition) is 1. The molecular weight excluding hydrogens is 214 g/mol. The lowest BCUT2D eigenvalue weighted by molar-refractivity contribution is 0.259. The SMILES string of the molecule is COc1c(C)cc(CNC(=O)Cl)cc1C. The van der Waals surface area contributed by atoms with Gasteiger partial charge in [-0.2, -0.15) is 0 Å². The normalized spacial score (nSPS) is 9.87. The topological polar surface area (TPSA) is 38.3 Å². The van der Waals surface area contributed by atoms with E-state index in [9.17, 15) is 4.79 Å². The molecule has 15 heavy (non-hydrogen) atoms. The smallest absolute Gasteiger partial charge is 0.314 e. The molecule has 0 bridgehead atoms. The number of halogens is 1. The van der Waals surface area contributed by atoms with E-state index in [2.05, 4.69) is 5.32 Å². The molecule has 0 aromatic heterocycles. The third-order valence-corrected chi connectivity index (χ3v) is 2.29. The van der Waals surface area contributed by atoms with E-state index in [1.165, 1.54) is 0 Å². The van der Waals surface area contributed by atoms with Crippen molar-refractivity contribution in [2.24, 2.45) is 0 Å². The fourth-order valence-electron chi connectivity index (χ4n) is 1.64. The second kappa shape index (κ2) is 5.03. The molecule has 0 unspecified atom stereocenters. The van der Waals surface area contributed by atoms with Gasteiger partial charge < -0.3 is 10.1 Å². The van der Waals surface area contributed by atoms with Crippen molar-refractivity contribution >= 4 is 17.0 Å². The number of carbonyl (C=O) groups excluding carboxylic acids is 1. The third-order valence-electron chi connectivity index (χ3n) is 2.16. The van der Waals surface area contributed by atoms with Crippen molar-refractivity contribution in [1.29, 1.82) is 0 Å². The largest absolute Gasteiger partial charge is 0.496 e. The Kier molecular flexibility index (Phi) is 3.97. The predicted octanol–water partition coefficient (Wildman–Crippen LogP) is 2.76. The molecule has 0 saturated carbocycles. The molecule has 82 valence electrons. The van der Waals surface area contributed by atoms with Gasteiger partial charge >= 0.3 is 5.37 Å². The van der Waals surface area contributed by atoms with Crippen LogP contribution < -0.4 is 10.1 Å². The maximum Gasteiger partial charge on any atom is 0.314 e. The van der Waals surface area contributed by atoms with E-state index in [4.69, 9.17) is 16.3 Å². The van der Waals surface area contributed by atoms with Crippen molar-refractivity contribution in [3.05, 3.63) is 28.8 Å². The Morgan fingerprint density at radius 2 is 1.93 bits per heavy atom. The first kappa shape index (κ1) is 11.9. The van der Waals surface area contributed by atoms with Crippen LogP contribution in [-0.4, -0.2) is 12.5 Å². The molecule has 0 atom stereocenters. The lowest BCUT2D eigenvalue weighted by Gasteiger charge is -2.11. The number of benzene rings is 1. The number of hydrogen-bond acceptors (Lipinski definition) is 2. The van der Waals surface area contributed by atoms with Crippen LogP contribution in [0.25, 0.3) is 0 Å². The molecule has 0 radical (unpaired) electrons. The minimum absolute atomic E-state index is 0.438. The Morgan fingerprint density at radius 1 is 1.40 bits per heavy atom. The van der Waals surface area contributed by atoms with Crippen molar-refractivity contribution in [1.82, 2.24) is 5.32 Å². The van der Waals surface area contributed by atoms with Gasteiger partial charge in [0.15, 0.2) is 0 Å². The molecule has 4 heteroatoms. The summed E-state index contributed by atoms with van der Waals surface area (Å²) < 4.78 is 5.24. The van der Waals surface area contributed by atoms with Gasteiger partial charge in [-0.3, -0.25) is 4.79 Å². The monoisotopic (exact) mass is 227 g/mol. The lowest BCUT2D eigenvalue weighted by Crippen LogP contribution is -2.15. The van der Waals surface area contributed by atoms with Crippen molar-refractivity contribution < 1.29 is 9.53 Å². The molecular formula is C11H14ClNO2. The highest BCUT2D eigenvalue weighted by molar-refractivity contribution is 6.62. The van der Waals surface area contributed by atoms with E-state index in [0.29, 0.717) is 6.54 Å². The molecule has 0 aliphatic rings. The first-order valence-electron chi connectivity index (χ1n) is 4.62. The standard InChI is InChI=1S/C11H14ClNO2/c1-7-4-9(6-13-11(12)14)5-8(2)10(7)15-3/h4-5H,6H2,1-3H3,(H,13,14). The molecule has 0 aliphatic heterocycles. The number of ether oxygens (including phenoxy) is 1. The quantitative estimate of drug-likeness (QED) is 0.637. The molecule has 0 fully saturated rings. The van der Waals surface area contributed by atoms with Crippen LogP contribution in [0.4, 0.5) is 4.79 Å². The second-order valence-corrected chi connectivity index (χ2v) is 3.73. The minimum Gasteiger partial charge on any atom is -0.496 e. The molecule has 1 amide bonds. The number of nitrogens with one attached hydrogen (secondary N) is 1. The summed E-state index contributed by atoms with van der Waals surface area (Å²) in [6.07, 6.45) is 0. The molecule has 1 aromatic carbocycles. The van der Waals surface area contributed by atoms with Gasteiger partial charge in [0, 0.05) is 6.54 Å². The van der Waals surface area contributed by atoms with E-state index >= 15 is 0 Å². The minimum atomic E-state index is -0.541. The van der Waals surface area contributed by atoms with Crippen molar-refractivity contribution in [3.63, 3.8) is 0 Å². The predicted molar refractivity (Wildman–Crippen MR) is 60.6 cm³/mol. The summed E-state index contributed by atoms with van der Waals surface area (Å²) in [6.45, 7) is 4.38. The summed E-state index contributed by atoms with van der Waals surface area (Å²) in [5, 5.41) is 2.00. The van der Waals surface area contributed by atoms with E-state index in [-0.39, 0.29) is 0 Å². The third kappa shape index (κ3) is 3.13. The average molecular weight is 228 g/mol. The van der Waals surface area contributed by atoms with E-state index in [1.807, 2.05) is 26.0 Å². The van der Waals surface area contributed by atoms with Crippen LogP contribution in [0.5, 0.6) is 5.75 Å². The van der Waals surface area contributed by atoms with Gasteiger partial charge in [-0.05, 0) is 42.1 Å². The highest BCUT2D eigenvalue weighted by Gasteiger charge is 2.05. The molecule has 0 spiro atoms. The number of rotatable bonds is 3. The molecule has 0 aliphatic carbocycles. The summed E-state index contributed by atoms with van der Waals surface area (Å²) >= 11 is 5.19. The maximum absolute atomic E-state index is 10.5. The fraction of sp³-hybridized carbons (Fsp3) is 0.364. The molecule has 0 heterocycles. The van der Waals surface area contributed by atoms with Crippen LogP contribution in [0.15, 0.2) is 12.1 Å². The van der Waals surface area contributed by atoms with Crippen LogP contribution in [0.3, 0.4) is 0 Å². The fourth-order valence-corrected chi connectivity index (χ4v) is 1.70. The number of methoxy groups -OCH3 is 1. The summed E-state index contributed by atoms with van der Waals surface area (Å²) in [4.78, 5) is 10.5. The van der Waals surface area contributed by atoms with Crippen LogP contribution in [0.2, 0.25) is 0 Å². The summed E-state index contributed by atoms with van der Waals surface area (Å²) in [6, 6.07) is 3.94. The summed E-state index contributed by atoms with van der Waals surface area (Å²) in [5.41, 5.74) is 3.12. The van der Waals surface area contributed by atoms with Gasteiger partial charge in [0.05, 0.1) is 7.11 Å². The number of aryl methyl sites for hydroxylation is 2. The van der Waals surface area contributed by atoms with Crippen LogP contribution in [0.1, 0.15) is 16.7 Å².